The van der Waals surface area contributed by atoms with Crippen LogP contribution in [-0.2, 0) is 24.4 Å². The van der Waals surface area contributed by atoms with Gasteiger partial charge in [-0.3, -0.25) is 0 Å². The zero-order valence-electron chi connectivity index (χ0n) is 12.3. The molecule has 0 aliphatic rings. The van der Waals surface area contributed by atoms with Crippen LogP contribution in [0.5, 0.6) is 0 Å². The number of rotatable bonds is 8. The third-order valence-electron chi connectivity index (χ3n) is 3.15. The molecule has 0 saturated carbocycles. The third-order valence-corrected chi connectivity index (χ3v) is 3.15. The molecule has 108 valence electrons. The number of benzene rings is 1. The average Bonchev–Trinajstić information content (AvgIpc) is 2.93. The molecular formula is C17H23NO2. The molecule has 0 radical (unpaired) electrons. The summed E-state index contributed by atoms with van der Waals surface area (Å²) in [4.78, 5) is 0. The van der Waals surface area contributed by atoms with Gasteiger partial charge < -0.3 is 14.5 Å². The minimum Gasteiger partial charge on any atom is -0.467 e. The smallest absolute Gasteiger partial charge is 0.129 e. The Hall–Kier alpha value is -1.58. The van der Waals surface area contributed by atoms with Crippen LogP contribution in [0.25, 0.3) is 0 Å². The topological polar surface area (TPSA) is 34.4 Å². The van der Waals surface area contributed by atoms with Crippen LogP contribution < -0.4 is 5.32 Å². The van der Waals surface area contributed by atoms with E-state index in [1.807, 2.05) is 12.1 Å². The predicted molar refractivity (Wildman–Crippen MR) is 80.5 cm³/mol. The highest BCUT2D eigenvalue weighted by atomic mass is 16.5. The van der Waals surface area contributed by atoms with Gasteiger partial charge in [-0.05, 0) is 36.2 Å². The summed E-state index contributed by atoms with van der Waals surface area (Å²) < 4.78 is 11.0. The van der Waals surface area contributed by atoms with Gasteiger partial charge in [0.25, 0.3) is 0 Å². The van der Waals surface area contributed by atoms with E-state index in [4.69, 9.17) is 9.15 Å². The van der Waals surface area contributed by atoms with Crippen LogP contribution in [0.4, 0.5) is 0 Å². The summed E-state index contributed by atoms with van der Waals surface area (Å²) in [5.74, 6) is 0.865. The fourth-order valence-corrected chi connectivity index (χ4v) is 2.09. The maximum Gasteiger partial charge on any atom is 0.129 e. The lowest BCUT2D eigenvalue weighted by Crippen LogP contribution is -2.25. The van der Waals surface area contributed by atoms with E-state index in [0.717, 1.165) is 18.7 Å². The van der Waals surface area contributed by atoms with E-state index >= 15 is 0 Å². The van der Waals surface area contributed by atoms with E-state index in [-0.39, 0.29) is 0 Å². The van der Waals surface area contributed by atoms with Crippen LogP contribution >= 0.6 is 0 Å². The van der Waals surface area contributed by atoms with Crippen molar-refractivity contribution in [3.05, 3.63) is 59.5 Å². The van der Waals surface area contributed by atoms with Crippen molar-refractivity contribution in [3.63, 3.8) is 0 Å². The Morgan fingerprint density at radius 3 is 2.55 bits per heavy atom. The van der Waals surface area contributed by atoms with E-state index in [1.54, 1.807) is 6.26 Å². The summed E-state index contributed by atoms with van der Waals surface area (Å²) >= 11 is 0. The number of furan rings is 1. The zero-order chi connectivity index (χ0) is 14.2. The standard InChI is InChI=1S/C17H23NO2/c1-14(2)18-10-9-15-6-3-4-7-16(15)12-19-13-17-8-5-11-20-17/h3-8,11,14,18H,9-10,12-13H2,1-2H3. The van der Waals surface area contributed by atoms with Crippen LogP contribution in [0.2, 0.25) is 0 Å². The number of nitrogens with one attached hydrogen (secondary N) is 1. The predicted octanol–water partition coefficient (Wildman–Crippen LogP) is 3.54. The van der Waals surface area contributed by atoms with Gasteiger partial charge in [0, 0.05) is 6.04 Å². The summed E-state index contributed by atoms with van der Waals surface area (Å²) in [6.07, 6.45) is 2.70. The maximum absolute atomic E-state index is 5.72. The summed E-state index contributed by atoms with van der Waals surface area (Å²) in [5, 5.41) is 3.44. The SMILES string of the molecule is CC(C)NCCc1ccccc1COCc1ccco1. The summed E-state index contributed by atoms with van der Waals surface area (Å²) in [5.41, 5.74) is 2.60. The average molecular weight is 273 g/mol. The van der Waals surface area contributed by atoms with Gasteiger partial charge >= 0.3 is 0 Å². The van der Waals surface area contributed by atoms with Crippen molar-refractivity contribution in [1.82, 2.24) is 5.32 Å². The molecule has 1 aromatic carbocycles. The molecule has 1 N–H and O–H groups in total. The number of ether oxygens (including phenoxy) is 1. The van der Waals surface area contributed by atoms with Crippen molar-refractivity contribution < 1.29 is 9.15 Å². The minimum absolute atomic E-state index is 0.519. The first-order chi connectivity index (χ1) is 9.75. The largest absolute Gasteiger partial charge is 0.467 e. The quantitative estimate of drug-likeness (QED) is 0.799. The highest BCUT2D eigenvalue weighted by molar-refractivity contribution is 5.26. The highest BCUT2D eigenvalue weighted by Gasteiger charge is 2.03. The first-order valence-corrected chi connectivity index (χ1v) is 7.16. The van der Waals surface area contributed by atoms with E-state index in [2.05, 4.69) is 43.4 Å². The molecule has 20 heavy (non-hydrogen) atoms. The zero-order valence-corrected chi connectivity index (χ0v) is 12.3. The van der Waals surface area contributed by atoms with Crippen LogP contribution in [0, 0.1) is 0 Å². The molecule has 0 bridgehead atoms. The molecule has 2 rings (SSSR count). The Morgan fingerprint density at radius 2 is 1.85 bits per heavy atom. The van der Waals surface area contributed by atoms with Gasteiger partial charge in [-0.2, -0.15) is 0 Å². The Balaban J connectivity index is 1.83. The number of hydrogen-bond donors (Lipinski definition) is 1. The third kappa shape index (κ3) is 4.83. The van der Waals surface area contributed by atoms with Gasteiger partial charge in [-0.15, -0.1) is 0 Å². The van der Waals surface area contributed by atoms with Crippen LogP contribution in [0.15, 0.2) is 47.1 Å². The molecule has 0 amide bonds. The van der Waals surface area contributed by atoms with E-state index in [0.29, 0.717) is 19.3 Å². The lowest BCUT2D eigenvalue weighted by Gasteiger charge is -2.12. The second-order valence-electron chi connectivity index (χ2n) is 5.20. The van der Waals surface area contributed by atoms with Crippen molar-refractivity contribution in [1.29, 1.82) is 0 Å². The Morgan fingerprint density at radius 1 is 1.05 bits per heavy atom. The summed E-state index contributed by atoms with van der Waals surface area (Å²) in [6.45, 7) is 6.47. The summed E-state index contributed by atoms with van der Waals surface area (Å²) in [7, 11) is 0. The normalized spacial score (nSPS) is 11.2. The fourth-order valence-electron chi connectivity index (χ4n) is 2.09. The van der Waals surface area contributed by atoms with Crippen molar-refractivity contribution >= 4 is 0 Å². The molecule has 2 aromatic rings. The van der Waals surface area contributed by atoms with Crippen LogP contribution in [0.3, 0.4) is 0 Å². The number of hydrogen-bond acceptors (Lipinski definition) is 3. The van der Waals surface area contributed by atoms with Gasteiger partial charge in [0.15, 0.2) is 0 Å². The van der Waals surface area contributed by atoms with Gasteiger partial charge in [0.05, 0.1) is 12.9 Å². The van der Waals surface area contributed by atoms with E-state index < -0.39 is 0 Å². The summed E-state index contributed by atoms with van der Waals surface area (Å²) in [6, 6.07) is 12.8. The Labute approximate surface area is 121 Å². The monoisotopic (exact) mass is 273 g/mol. The van der Waals surface area contributed by atoms with Gasteiger partial charge in [0.1, 0.15) is 12.4 Å². The fraction of sp³-hybridized carbons (Fsp3) is 0.412. The van der Waals surface area contributed by atoms with Crippen molar-refractivity contribution in [2.45, 2.75) is 39.5 Å². The first-order valence-electron chi connectivity index (χ1n) is 7.16. The van der Waals surface area contributed by atoms with Gasteiger partial charge in [-0.1, -0.05) is 38.1 Å². The Kier molecular flexibility index (Phi) is 5.84. The molecule has 0 fully saturated rings. The molecule has 1 heterocycles. The molecule has 0 spiro atoms. The van der Waals surface area contributed by atoms with Crippen molar-refractivity contribution in [3.8, 4) is 0 Å². The van der Waals surface area contributed by atoms with Crippen molar-refractivity contribution in [2.24, 2.45) is 0 Å². The molecule has 0 aliphatic carbocycles. The molecule has 1 aromatic heterocycles. The molecule has 3 nitrogen and oxygen atoms in total. The first kappa shape index (κ1) is 14.8. The van der Waals surface area contributed by atoms with Gasteiger partial charge in [-0.25, -0.2) is 0 Å². The molecule has 3 heteroatoms. The highest BCUT2D eigenvalue weighted by Crippen LogP contribution is 2.12. The van der Waals surface area contributed by atoms with E-state index in [1.165, 1.54) is 11.1 Å². The van der Waals surface area contributed by atoms with Gasteiger partial charge in [0.2, 0.25) is 0 Å². The van der Waals surface area contributed by atoms with Crippen LogP contribution in [0.1, 0.15) is 30.7 Å². The molecule has 0 atom stereocenters. The Bertz CT molecular complexity index is 491. The lowest BCUT2D eigenvalue weighted by atomic mass is 10.1. The molecule has 0 saturated heterocycles. The second-order valence-corrected chi connectivity index (χ2v) is 5.20. The van der Waals surface area contributed by atoms with E-state index in [9.17, 15) is 0 Å². The lowest BCUT2D eigenvalue weighted by molar-refractivity contribution is 0.0924. The van der Waals surface area contributed by atoms with Crippen LogP contribution in [-0.4, -0.2) is 12.6 Å². The molecular weight excluding hydrogens is 250 g/mol. The van der Waals surface area contributed by atoms with Crippen molar-refractivity contribution in [2.75, 3.05) is 6.54 Å². The molecule has 0 aliphatic heterocycles. The minimum atomic E-state index is 0.519. The second kappa shape index (κ2) is 7.88. The maximum atomic E-state index is 5.72. The molecule has 0 unspecified atom stereocenters.